The number of rotatable bonds is 13. The number of amides is 2. The van der Waals surface area contributed by atoms with E-state index in [9.17, 15) is 9.59 Å². The molecule has 0 radical (unpaired) electrons. The number of carbonyl (C=O) groups is 2. The van der Waals surface area contributed by atoms with Gasteiger partial charge in [-0.2, -0.15) is 0 Å². The summed E-state index contributed by atoms with van der Waals surface area (Å²) in [6.07, 6.45) is 25.0. The molecule has 3 saturated carbocycles. The van der Waals surface area contributed by atoms with E-state index in [0.29, 0.717) is 17.3 Å². The third-order valence-corrected chi connectivity index (χ3v) is 14.5. The van der Waals surface area contributed by atoms with Gasteiger partial charge >= 0.3 is 6.09 Å². The summed E-state index contributed by atoms with van der Waals surface area (Å²) in [5.74, 6) is 4.59. The van der Waals surface area contributed by atoms with Gasteiger partial charge in [-0.25, -0.2) is 4.79 Å². The number of nitrogens with zero attached hydrogens (tertiary/aromatic N) is 1. The zero-order chi connectivity index (χ0) is 32.2. The van der Waals surface area contributed by atoms with Crippen molar-refractivity contribution in [2.75, 3.05) is 13.1 Å². The second kappa shape index (κ2) is 15.1. The zero-order valence-corrected chi connectivity index (χ0v) is 30.0. The summed E-state index contributed by atoms with van der Waals surface area (Å²) < 4.78 is 5.98. The number of allylic oxidation sites excluding steroid dienone is 1. The topological polar surface area (TPSA) is 58.6 Å². The molecule has 0 aromatic carbocycles. The van der Waals surface area contributed by atoms with E-state index in [-0.39, 0.29) is 30.0 Å². The Labute approximate surface area is 276 Å². The summed E-state index contributed by atoms with van der Waals surface area (Å²) in [7, 11) is 0. The number of hydrogen-bond donors (Lipinski definition) is 1. The standard InChI is InChI=1S/C40H68N2O3/c1-7-11-12-13-14-15-16-29-18-20-34-33-19-17-30-25-31(21-23-40(30,6)35(33)22-24-39(29,34)5)45-38(44)41-26-37(43)42-27-28(8-2)32(9-3)36(42)10-4/h17,28-29,31-36H,7-16,18-27H2,1-6H3,(H,41,44)/t28-,29-,31?,32-,33?,34?,35?,36-,39+,40-/m0/s1. The average molecular weight is 625 g/mol. The van der Waals surface area contributed by atoms with Crippen LogP contribution in [0.4, 0.5) is 4.79 Å². The minimum Gasteiger partial charge on any atom is -0.446 e. The number of carbonyl (C=O) groups excluding carboxylic acids is 2. The molecule has 0 bridgehead atoms. The number of nitrogens with one attached hydrogen (secondary N) is 1. The van der Waals surface area contributed by atoms with Gasteiger partial charge in [0.2, 0.25) is 5.91 Å². The SMILES string of the molecule is CCCCCCCC[C@H]1CCC2C3CC=C4CC(OC(=O)NCC(=O)N5C[C@H](CC)[C@H](CC)[C@@H]5CC)CC[C@]4(C)C3CC[C@@]21C. The van der Waals surface area contributed by atoms with Crippen LogP contribution in [0.1, 0.15) is 157 Å². The van der Waals surface area contributed by atoms with Crippen LogP contribution in [0.3, 0.4) is 0 Å². The first-order chi connectivity index (χ1) is 21.7. The van der Waals surface area contributed by atoms with Crippen molar-refractivity contribution in [3.8, 4) is 0 Å². The molecule has 0 spiro atoms. The van der Waals surface area contributed by atoms with E-state index in [1.54, 1.807) is 5.57 Å². The van der Waals surface area contributed by atoms with Gasteiger partial charge in [-0.05, 0) is 104 Å². The monoisotopic (exact) mass is 625 g/mol. The van der Waals surface area contributed by atoms with Gasteiger partial charge in [-0.15, -0.1) is 0 Å². The van der Waals surface area contributed by atoms with Crippen LogP contribution in [0.25, 0.3) is 0 Å². The van der Waals surface area contributed by atoms with Gasteiger partial charge in [-0.3, -0.25) is 4.79 Å². The molecule has 0 aromatic heterocycles. The van der Waals surface area contributed by atoms with Crippen molar-refractivity contribution in [1.29, 1.82) is 0 Å². The van der Waals surface area contributed by atoms with Crippen molar-refractivity contribution in [2.45, 2.75) is 169 Å². The maximum Gasteiger partial charge on any atom is 0.407 e. The Morgan fingerprint density at radius 3 is 2.42 bits per heavy atom. The Hall–Kier alpha value is -1.52. The van der Waals surface area contributed by atoms with Crippen LogP contribution in [-0.2, 0) is 9.53 Å². The fourth-order valence-corrected chi connectivity index (χ4v) is 11.8. The second-order valence-electron chi connectivity index (χ2n) is 16.5. The third-order valence-electron chi connectivity index (χ3n) is 14.5. The molecule has 0 aromatic rings. The van der Waals surface area contributed by atoms with Crippen LogP contribution < -0.4 is 5.32 Å². The van der Waals surface area contributed by atoms with Gasteiger partial charge in [0, 0.05) is 19.0 Å². The van der Waals surface area contributed by atoms with Crippen LogP contribution in [0.15, 0.2) is 11.6 Å². The quantitative estimate of drug-likeness (QED) is 0.164. The molecule has 2 amide bonds. The van der Waals surface area contributed by atoms with Gasteiger partial charge in [0.15, 0.2) is 0 Å². The minimum atomic E-state index is -0.423. The first-order valence-corrected chi connectivity index (χ1v) is 19.6. The normalized spacial score (nSPS) is 39.1. The highest BCUT2D eigenvalue weighted by Gasteiger charge is 2.58. The van der Waals surface area contributed by atoms with Crippen LogP contribution in [0.2, 0.25) is 0 Å². The highest BCUT2D eigenvalue weighted by atomic mass is 16.6. The number of hydrogen-bond acceptors (Lipinski definition) is 3. The molecule has 1 heterocycles. The van der Waals surface area contributed by atoms with Crippen molar-refractivity contribution in [2.24, 2.45) is 46.3 Å². The lowest BCUT2D eigenvalue weighted by Crippen LogP contribution is -2.50. The lowest BCUT2D eigenvalue weighted by Gasteiger charge is -2.58. The first-order valence-electron chi connectivity index (χ1n) is 19.6. The molecular weight excluding hydrogens is 556 g/mol. The van der Waals surface area contributed by atoms with Gasteiger partial charge in [0.1, 0.15) is 12.6 Å². The molecule has 5 rings (SSSR count). The predicted molar refractivity (Wildman–Crippen MR) is 185 cm³/mol. The van der Waals surface area contributed by atoms with E-state index in [0.717, 1.165) is 68.7 Å². The molecule has 5 aliphatic rings. The van der Waals surface area contributed by atoms with Gasteiger partial charge in [0.05, 0.1) is 0 Å². The Morgan fingerprint density at radius 1 is 0.911 bits per heavy atom. The highest BCUT2D eigenvalue weighted by Crippen LogP contribution is 2.66. The number of fused-ring (bicyclic) bond motifs is 5. The smallest absolute Gasteiger partial charge is 0.407 e. The molecule has 1 aliphatic heterocycles. The van der Waals surface area contributed by atoms with Crippen LogP contribution >= 0.6 is 0 Å². The van der Waals surface area contributed by atoms with Crippen molar-refractivity contribution in [1.82, 2.24) is 10.2 Å². The molecule has 1 N–H and O–H groups in total. The summed E-state index contributed by atoms with van der Waals surface area (Å²) in [5, 5.41) is 2.83. The maximum absolute atomic E-state index is 13.2. The van der Waals surface area contributed by atoms with E-state index in [1.807, 2.05) is 4.90 Å². The highest BCUT2D eigenvalue weighted by molar-refractivity contribution is 5.82. The lowest BCUT2D eigenvalue weighted by molar-refractivity contribution is -0.131. The van der Waals surface area contributed by atoms with E-state index in [2.05, 4.69) is 52.9 Å². The molecule has 5 heteroatoms. The lowest BCUT2D eigenvalue weighted by atomic mass is 9.47. The molecule has 256 valence electrons. The number of ether oxygens (including phenoxy) is 1. The molecule has 4 unspecified atom stereocenters. The van der Waals surface area contributed by atoms with E-state index in [1.165, 1.54) is 77.0 Å². The second-order valence-corrected chi connectivity index (χ2v) is 16.5. The van der Waals surface area contributed by atoms with Gasteiger partial charge < -0.3 is 15.0 Å². The van der Waals surface area contributed by atoms with Crippen molar-refractivity contribution in [3.05, 3.63) is 11.6 Å². The van der Waals surface area contributed by atoms with Gasteiger partial charge in [0.25, 0.3) is 0 Å². The Kier molecular flexibility index (Phi) is 11.7. The minimum absolute atomic E-state index is 0.0378. The van der Waals surface area contributed by atoms with Crippen LogP contribution in [0, 0.1) is 46.3 Å². The zero-order valence-electron chi connectivity index (χ0n) is 30.0. The molecule has 4 aliphatic carbocycles. The van der Waals surface area contributed by atoms with E-state index in [4.69, 9.17) is 4.74 Å². The average Bonchev–Trinajstić information content (AvgIpc) is 3.58. The Morgan fingerprint density at radius 2 is 1.69 bits per heavy atom. The van der Waals surface area contributed by atoms with E-state index < -0.39 is 6.09 Å². The molecule has 45 heavy (non-hydrogen) atoms. The summed E-state index contributed by atoms with van der Waals surface area (Å²) in [5.41, 5.74) is 2.35. The summed E-state index contributed by atoms with van der Waals surface area (Å²) in [6.45, 7) is 15.0. The predicted octanol–water partition coefficient (Wildman–Crippen LogP) is 10.1. The van der Waals surface area contributed by atoms with Crippen molar-refractivity contribution < 1.29 is 14.3 Å². The van der Waals surface area contributed by atoms with Crippen molar-refractivity contribution >= 4 is 12.0 Å². The van der Waals surface area contributed by atoms with Crippen LogP contribution in [0.5, 0.6) is 0 Å². The molecule has 10 atom stereocenters. The van der Waals surface area contributed by atoms with E-state index >= 15 is 0 Å². The summed E-state index contributed by atoms with van der Waals surface area (Å²) >= 11 is 0. The maximum atomic E-state index is 13.2. The third kappa shape index (κ3) is 7.03. The first kappa shape index (κ1) is 34.8. The summed E-state index contributed by atoms with van der Waals surface area (Å²) in [4.78, 5) is 28.1. The van der Waals surface area contributed by atoms with Crippen molar-refractivity contribution in [3.63, 3.8) is 0 Å². The largest absolute Gasteiger partial charge is 0.446 e. The summed E-state index contributed by atoms with van der Waals surface area (Å²) in [6, 6.07) is 0.288. The number of unbranched alkanes of at least 4 members (excludes halogenated alkanes) is 5. The molecular formula is C40H68N2O3. The molecule has 4 fully saturated rings. The molecule has 1 saturated heterocycles. The fraction of sp³-hybridized carbons (Fsp3) is 0.900. The Bertz CT molecular complexity index is 1040. The van der Waals surface area contributed by atoms with Gasteiger partial charge in [-0.1, -0.05) is 105 Å². The number of alkyl carbamates (subject to hydrolysis) is 1. The fourth-order valence-electron chi connectivity index (χ4n) is 11.8. The number of likely N-dealkylation sites (tertiary alicyclic amines) is 1. The van der Waals surface area contributed by atoms with Crippen LogP contribution in [-0.4, -0.2) is 42.1 Å². The Balaban J connectivity index is 1.11. The molecule has 5 nitrogen and oxygen atoms in total.